The Hall–Kier alpha value is -0.620. The first kappa shape index (κ1) is 18.4. The zero-order valence-corrected chi connectivity index (χ0v) is 13.5. The van der Waals surface area contributed by atoms with E-state index in [1.165, 1.54) is 0 Å². The van der Waals surface area contributed by atoms with Gasteiger partial charge in [-0.2, -0.15) is 0 Å². The summed E-state index contributed by atoms with van der Waals surface area (Å²) in [7, 11) is 1.64. The number of carbonyl (C=O) groups is 1. The lowest BCUT2D eigenvalue weighted by molar-refractivity contribution is -0.120. The number of rotatable bonds is 7. The van der Waals surface area contributed by atoms with Crippen LogP contribution < -0.4 is 10.6 Å². The van der Waals surface area contributed by atoms with Crippen LogP contribution in [0.2, 0.25) is 0 Å². The van der Waals surface area contributed by atoms with Gasteiger partial charge in [0.15, 0.2) is 0 Å². The molecule has 19 heavy (non-hydrogen) atoms. The number of benzene rings is 1. The lowest BCUT2D eigenvalue weighted by Gasteiger charge is -2.16. The van der Waals surface area contributed by atoms with E-state index in [2.05, 4.69) is 26.6 Å². The van der Waals surface area contributed by atoms with E-state index in [1.54, 1.807) is 7.11 Å². The topological polar surface area (TPSA) is 50.4 Å². The summed E-state index contributed by atoms with van der Waals surface area (Å²) < 4.78 is 5.89. The average Bonchev–Trinajstić information content (AvgIpc) is 2.35. The molecule has 6 heteroatoms. The highest BCUT2D eigenvalue weighted by Crippen LogP contribution is 2.22. The van der Waals surface area contributed by atoms with Crippen LogP contribution >= 0.6 is 28.3 Å². The molecule has 1 aromatic rings. The van der Waals surface area contributed by atoms with Crippen LogP contribution in [0.5, 0.6) is 0 Å². The lowest BCUT2D eigenvalue weighted by Crippen LogP contribution is -2.36. The molecule has 0 fully saturated rings. The molecule has 0 aliphatic carbocycles. The molecular weight excluding hydrogens is 332 g/mol. The van der Waals surface area contributed by atoms with Gasteiger partial charge in [0.05, 0.1) is 19.2 Å². The first-order chi connectivity index (χ1) is 8.65. The molecular formula is C13H20BrClN2O2. The molecule has 1 aromatic carbocycles. The zero-order chi connectivity index (χ0) is 13.4. The highest BCUT2D eigenvalue weighted by Gasteiger charge is 2.11. The van der Waals surface area contributed by atoms with Gasteiger partial charge in [-0.05, 0) is 18.6 Å². The number of carbonyl (C=O) groups excluding carboxylic acids is 1. The van der Waals surface area contributed by atoms with Gasteiger partial charge in [-0.25, -0.2) is 0 Å². The van der Waals surface area contributed by atoms with Crippen molar-refractivity contribution in [3.63, 3.8) is 0 Å². The van der Waals surface area contributed by atoms with E-state index < -0.39 is 0 Å². The van der Waals surface area contributed by atoms with Crippen molar-refractivity contribution in [1.29, 1.82) is 0 Å². The number of methoxy groups -OCH3 is 1. The monoisotopic (exact) mass is 350 g/mol. The smallest absolute Gasteiger partial charge is 0.234 e. The van der Waals surface area contributed by atoms with Gasteiger partial charge in [0.25, 0.3) is 0 Å². The van der Waals surface area contributed by atoms with Crippen molar-refractivity contribution >= 4 is 34.2 Å². The number of nitrogens with one attached hydrogen (secondary N) is 2. The molecule has 0 bridgehead atoms. The fourth-order valence-corrected chi connectivity index (χ4v) is 2.20. The molecule has 1 rings (SSSR count). The van der Waals surface area contributed by atoms with Crippen molar-refractivity contribution in [3.05, 3.63) is 34.3 Å². The van der Waals surface area contributed by atoms with Gasteiger partial charge in [0.2, 0.25) is 5.91 Å². The van der Waals surface area contributed by atoms with Crippen LogP contribution in [0.15, 0.2) is 28.7 Å². The molecule has 0 aliphatic rings. The number of hydrogen-bond donors (Lipinski definition) is 2. The summed E-state index contributed by atoms with van der Waals surface area (Å²) in [4.78, 5) is 11.7. The summed E-state index contributed by atoms with van der Waals surface area (Å²) >= 11 is 3.48. The first-order valence-corrected chi connectivity index (χ1v) is 6.68. The third-order valence-electron chi connectivity index (χ3n) is 2.52. The molecule has 0 saturated heterocycles. The summed E-state index contributed by atoms with van der Waals surface area (Å²) in [5, 5.41) is 5.95. The maximum absolute atomic E-state index is 11.7. The Labute approximate surface area is 128 Å². The van der Waals surface area contributed by atoms with E-state index in [9.17, 15) is 4.79 Å². The number of amides is 1. The Morgan fingerprint density at radius 2 is 2.11 bits per heavy atom. The van der Waals surface area contributed by atoms with Gasteiger partial charge >= 0.3 is 0 Å². The molecule has 108 valence electrons. The molecule has 4 nitrogen and oxygen atoms in total. The second kappa shape index (κ2) is 10.2. The fourth-order valence-electron chi connectivity index (χ4n) is 1.57. The van der Waals surface area contributed by atoms with Crippen molar-refractivity contribution < 1.29 is 9.53 Å². The molecule has 1 unspecified atom stereocenters. The Balaban J connectivity index is 0.00000324. The van der Waals surface area contributed by atoms with Gasteiger partial charge in [-0.15, -0.1) is 12.4 Å². The van der Waals surface area contributed by atoms with Crippen molar-refractivity contribution in [2.75, 3.05) is 26.8 Å². The van der Waals surface area contributed by atoms with Crippen LogP contribution in [0.1, 0.15) is 18.5 Å². The fraction of sp³-hybridized carbons (Fsp3) is 0.462. The molecule has 0 spiro atoms. The van der Waals surface area contributed by atoms with E-state index in [4.69, 9.17) is 4.74 Å². The zero-order valence-electron chi connectivity index (χ0n) is 11.1. The van der Waals surface area contributed by atoms with Gasteiger partial charge < -0.3 is 15.4 Å². The lowest BCUT2D eigenvalue weighted by atomic mass is 10.1. The van der Waals surface area contributed by atoms with Crippen LogP contribution in [-0.4, -0.2) is 32.7 Å². The Kier molecular flexibility index (Phi) is 9.87. The summed E-state index contributed by atoms with van der Waals surface area (Å²) in [6, 6.07) is 7.85. The molecule has 1 atom stereocenters. The van der Waals surface area contributed by atoms with Crippen molar-refractivity contribution in [1.82, 2.24) is 10.6 Å². The summed E-state index contributed by atoms with van der Waals surface area (Å²) in [5.41, 5.74) is 1.07. The predicted molar refractivity (Wildman–Crippen MR) is 82.7 cm³/mol. The number of halogens is 2. The van der Waals surface area contributed by atoms with Crippen LogP contribution in [0, 0.1) is 0 Å². The second-order valence-corrected chi connectivity index (χ2v) is 4.83. The molecule has 1 amide bonds. The standard InChI is InChI=1S/C13H19BrN2O2.ClH/c1-10(11-5-3-4-6-12(11)14)16-13(17)9-15-7-8-18-2;/h3-6,10,15H,7-9H2,1-2H3,(H,16,17);1H. The normalized spacial score (nSPS) is 11.5. The van der Waals surface area contributed by atoms with Crippen molar-refractivity contribution in [2.45, 2.75) is 13.0 Å². The minimum absolute atomic E-state index is 0. The number of hydrogen-bond acceptors (Lipinski definition) is 3. The predicted octanol–water partition coefficient (Wildman–Crippen LogP) is 2.28. The third kappa shape index (κ3) is 6.92. The summed E-state index contributed by atoms with van der Waals surface area (Å²) in [6.07, 6.45) is 0. The Morgan fingerprint density at radius 3 is 2.74 bits per heavy atom. The average molecular weight is 352 g/mol. The molecule has 0 radical (unpaired) electrons. The van der Waals surface area contributed by atoms with E-state index in [1.807, 2.05) is 31.2 Å². The van der Waals surface area contributed by atoms with E-state index >= 15 is 0 Å². The molecule has 0 aliphatic heterocycles. The van der Waals surface area contributed by atoms with Gasteiger partial charge in [-0.3, -0.25) is 4.79 Å². The van der Waals surface area contributed by atoms with Crippen molar-refractivity contribution in [3.8, 4) is 0 Å². The summed E-state index contributed by atoms with van der Waals surface area (Å²) in [5.74, 6) is -0.0191. The second-order valence-electron chi connectivity index (χ2n) is 3.98. The quantitative estimate of drug-likeness (QED) is 0.741. The van der Waals surface area contributed by atoms with Crippen LogP contribution in [0.25, 0.3) is 0 Å². The van der Waals surface area contributed by atoms with Crippen LogP contribution in [-0.2, 0) is 9.53 Å². The Morgan fingerprint density at radius 1 is 1.42 bits per heavy atom. The maximum Gasteiger partial charge on any atom is 0.234 e. The minimum atomic E-state index is -0.0191. The van der Waals surface area contributed by atoms with E-state index in [0.717, 1.165) is 10.0 Å². The molecule has 0 aromatic heterocycles. The first-order valence-electron chi connectivity index (χ1n) is 5.88. The van der Waals surface area contributed by atoms with Gasteiger partial charge in [0, 0.05) is 18.1 Å². The number of ether oxygens (including phenoxy) is 1. The van der Waals surface area contributed by atoms with Gasteiger partial charge in [0.1, 0.15) is 0 Å². The van der Waals surface area contributed by atoms with Crippen LogP contribution in [0.3, 0.4) is 0 Å². The molecule has 0 saturated carbocycles. The van der Waals surface area contributed by atoms with Crippen molar-refractivity contribution in [2.24, 2.45) is 0 Å². The minimum Gasteiger partial charge on any atom is -0.383 e. The largest absolute Gasteiger partial charge is 0.383 e. The SMILES string of the molecule is COCCNCC(=O)NC(C)c1ccccc1Br.Cl. The molecule has 2 N–H and O–H groups in total. The van der Waals surface area contributed by atoms with Gasteiger partial charge in [-0.1, -0.05) is 34.1 Å². The third-order valence-corrected chi connectivity index (χ3v) is 3.24. The highest BCUT2D eigenvalue weighted by atomic mass is 79.9. The maximum atomic E-state index is 11.7. The molecule has 0 heterocycles. The summed E-state index contributed by atoms with van der Waals surface area (Å²) in [6.45, 7) is 3.55. The van der Waals surface area contributed by atoms with E-state index in [-0.39, 0.29) is 24.4 Å². The highest BCUT2D eigenvalue weighted by molar-refractivity contribution is 9.10. The van der Waals surface area contributed by atoms with Crippen LogP contribution in [0.4, 0.5) is 0 Å². The Bertz CT molecular complexity index is 391. The van der Waals surface area contributed by atoms with E-state index in [0.29, 0.717) is 19.7 Å².